The van der Waals surface area contributed by atoms with Crippen LogP contribution in [0.2, 0.25) is 0 Å². The Morgan fingerprint density at radius 2 is 2.21 bits per heavy atom. The Morgan fingerprint density at radius 3 is 2.92 bits per heavy atom. The maximum absolute atomic E-state index is 12.4. The molecule has 1 heterocycles. The van der Waals surface area contributed by atoms with Gasteiger partial charge in [-0.05, 0) is 37.1 Å². The van der Waals surface area contributed by atoms with E-state index in [0.29, 0.717) is 0 Å². The Labute approximate surface area is 159 Å². The summed E-state index contributed by atoms with van der Waals surface area (Å²) >= 11 is 5.42. The molecule has 0 saturated carbocycles. The van der Waals surface area contributed by atoms with Gasteiger partial charge in [0.25, 0.3) is 0 Å². The van der Waals surface area contributed by atoms with E-state index in [1.807, 2.05) is 17.8 Å². The lowest BCUT2D eigenvalue weighted by Crippen LogP contribution is -2.43. The fraction of sp³-hybridized carbons (Fsp3) is 0.632. The largest absolute Gasteiger partial charge is 0.355 e. The zero-order valence-corrected chi connectivity index (χ0v) is 17.4. The highest BCUT2D eigenvalue weighted by molar-refractivity contribution is 9.10. The number of halogens is 1. The Bertz CT molecular complexity index is 544. The first-order chi connectivity index (χ1) is 11.3. The molecule has 1 unspecified atom stereocenters. The molecule has 24 heavy (non-hydrogen) atoms. The van der Waals surface area contributed by atoms with Crippen LogP contribution in [0, 0.1) is 5.92 Å². The molecule has 0 radical (unpaired) electrons. The number of nitrogens with zero attached hydrogens (tertiary/aromatic N) is 1. The highest BCUT2D eigenvalue weighted by atomic mass is 79.9. The minimum absolute atomic E-state index is 0.130. The molecule has 5 heteroatoms. The first kappa shape index (κ1) is 19.8. The number of rotatable bonds is 6. The highest BCUT2D eigenvalue weighted by Crippen LogP contribution is 2.23. The number of nitrogens with one attached hydrogen (secondary N) is 1. The van der Waals surface area contributed by atoms with Crippen LogP contribution in [0.3, 0.4) is 0 Å². The van der Waals surface area contributed by atoms with Gasteiger partial charge >= 0.3 is 0 Å². The average molecular weight is 413 g/mol. The van der Waals surface area contributed by atoms with E-state index in [1.54, 1.807) is 0 Å². The summed E-state index contributed by atoms with van der Waals surface area (Å²) in [4.78, 5) is 14.8. The topological polar surface area (TPSA) is 32.3 Å². The van der Waals surface area contributed by atoms with Gasteiger partial charge in [0.05, 0.1) is 5.92 Å². The third-order valence-corrected chi connectivity index (χ3v) is 5.88. The van der Waals surface area contributed by atoms with Crippen LogP contribution in [-0.4, -0.2) is 40.9 Å². The summed E-state index contributed by atoms with van der Waals surface area (Å²) in [5, 5.41) is 3.12. The van der Waals surface area contributed by atoms with E-state index in [0.717, 1.165) is 49.2 Å². The van der Waals surface area contributed by atoms with E-state index in [4.69, 9.17) is 0 Å². The maximum Gasteiger partial charge on any atom is 0.224 e. The Morgan fingerprint density at radius 1 is 1.42 bits per heavy atom. The van der Waals surface area contributed by atoms with Crippen LogP contribution in [0.5, 0.6) is 0 Å². The molecule has 1 aliphatic rings. The number of thioether (sulfide) groups is 1. The molecule has 1 amide bonds. The number of carbonyl (C=O) groups is 1. The zero-order chi connectivity index (χ0) is 17.6. The normalized spacial score (nSPS) is 19.2. The van der Waals surface area contributed by atoms with Gasteiger partial charge in [-0.1, -0.05) is 48.8 Å². The van der Waals surface area contributed by atoms with Crippen molar-refractivity contribution in [3.05, 3.63) is 34.3 Å². The van der Waals surface area contributed by atoms with Gasteiger partial charge in [-0.25, -0.2) is 0 Å². The number of hydrogen-bond donors (Lipinski definition) is 1. The molecule has 0 spiro atoms. The highest BCUT2D eigenvalue weighted by Gasteiger charge is 2.25. The van der Waals surface area contributed by atoms with Crippen LogP contribution in [0.1, 0.15) is 39.2 Å². The first-order valence-electron chi connectivity index (χ1n) is 8.72. The van der Waals surface area contributed by atoms with Crippen molar-refractivity contribution in [2.24, 2.45) is 5.92 Å². The van der Waals surface area contributed by atoms with Gasteiger partial charge in [-0.2, -0.15) is 11.8 Å². The van der Waals surface area contributed by atoms with Crippen LogP contribution in [-0.2, 0) is 11.3 Å². The van der Waals surface area contributed by atoms with Crippen molar-refractivity contribution in [2.75, 3.05) is 25.4 Å². The smallest absolute Gasteiger partial charge is 0.224 e. The van der Waals surface area contributed by atoms with Crippen molar-refractivity contribution >= 4 is 33.6 Å². The van der Waals surface area contributed by atoms with E-state index < -0.39 is 0 Å². The van der Waals surface area contributed by atoms with Gasteiger partial charge in [0, 0.05) is 34.6 Å². The number of hydrogen-bond acceptors (Lipinski definition) is 3. The van der Waals surface area contributed by atoms with Crippen molar-refractivity contribution in [1.82, 2.24) is 10.2 Å². The number of piperidine rings is 1. The van der Waals surface area contributed by atoms with Gasteiger partial charge in [0.15, 0.2) is 0 Å². The standard InChI is InChI=1S/C19H29BrN2OS/c1-19(2,3)24-11-9-21-18(23)16-7-5-10-22(14-16)13-15-6-4-8-17(20)12-15/h4,6,8,12,16H,5,7,9-11,13-14H2,1-3H3,(H,21,23). The molecule has 134 valence electrons. The molecule has 1 N–H and O–H groups in total. The van der Waals surface area contributed by atoms with E-state index in [9.17, 15) is 4.79 Å². The number of carbonyl (C=O) groups excluding carboxylic acids is 1. The van der Waals surface area contributed by atoms with Gasteiger partial charge in [-0.3, -0.25) is 9.69 Å². The molecule has 1 atom stereocenters. The van der Waals surface area contributed by atoms with Gasteiger partial charge < -0.3 is 5.32 Å². The predicted molar refractivity (Wildman–Crippen MR) is 107 cm³/mol. The molecule has 1 aliphatic heterocycles. The number of likely N-dealkylation sites (tertiary alicyclic amines) is 1. The summed E-state index contributed by atoms with van der Waals surface area (Å²) in [6, 6.07) is 8.43. The van der Waals surface area contributed by atoms with E-state index in [1.165, 1.54) is 5.56 Å². The fourth-order valence-corrected chi connectivity index (χ4v) is 4.25. The van der Waals surface area contributed by atoms with E-state index in [2.05, 4.69) is 65.1 Å². The molecule has 0 bridgehead atoms. The molecule has 1 aromatic carbocycles. The Hall–Kier alpha value is -0.520. The van der Waals surface area contributed by atoms with Gasteiger partial charge in [-0.15, -0.1) is 0 Å². The number of amides is 1. The lowest BCUT2D eigenvalue weighted by molar-refractivity contribution is -0.126. The minimum atomic E-state index is 0.130. The second-order valence-corrected chi connectivity index (χ2v) is 10.3. The average Bonchev–Trinajstić information content (AvgIpc) is 2.51. The SMILES string of the molecule is CC(C)(C)SCCNC(=O)C1CCCN(Cc2cccc(Br)c2)C1. The summed E-state index contributed by atoms with van der Waals surface area (Å²) in [6.45, 7) is 10.3. The monoisotopic (exact) mass is 412 g/mol. The number of benzene rings is 1. The second-order valence-electron chi connectivity index (χ2n) is 7.46. The van der Waals surface area contributed by atoms with Crippen LogP contribution in [0.4, 0.5) is 0 Å². The lowest BCUT2D eigenvalue weighted by atomic mass is 9.96. The van der Waals surface area contributed by atoms with Crippen LogP contribution < -0.4 is 5.32 Å². The summed E-state index contributed by atoms with van der Waals surface area (Å²) in [7, 11) is 0. The van der Waals surface area contributed by atoms with Crippen molar-refractivity contribution in [3.8, 4) is 0 Å². The molecule has 1 aromatic rings. The lowest BCUT2D eigenvalue weighted by Gasteiger charge is -2.32. The Kier molecular flexibility index (Phi) is 7.63. The molecule has 0 aromatic heterocycles. The van der Waals surface area contributed by atoms with Crippen molar-refractivity contribution in [1.29, 1.82) is 0 Å². The van der Waals surface area contributed by atoms with Gasteiger partial charge in [0.1, 0.15) is 0 Å². The quantitative estimate of drug-likeness (QED) is 0.706. The molecular formula is C19H29BrN2OS. The van der Waals surface area contributed by atoms with Crippen molar-refractivity contribution in [3.63, 3.8) is 0 Å². The fourth-order valence-electron chi connectivity index (χ4n) is 2.98. The maximum atomic E-state index is 12.4. The Balaban J connectivity index is 1.76. The molecular weight excluding hydrogens is 384 g/mol. The molecule has 1 fully saturated rings. The first-order valence-corrected chi connectivity index (χ1v) is 10.5. The van der Waals surface area contributed by atoms with Crippen molar-refractivity contribution in [2.45, 2.75) is 44.9 Å². The molecule has 2 rings (SSSR count). The minimum Gasteiger partial charge on any atom is -0.355 e. The summed E-state index contributed by atoms with van der Waals surface area (Å²) < 4.78 is 1.37. The third kappa shape index (κ3) is 7.16. The van der Waals surface area contributed by atoms with Crippen LogP contribution >= 0.6 is 27.7 Å². The van der Waals surface area contributed by atoms with Crippen LogP contribution in [0.25, 0.3) is 0 Å². The zero-order valence-electron chi connectivity index (χ0n) is 15.0. The van der Waals surface area contributed by atoms with E-state index >= 15 is 0 Å². The summed E-state index contributed by atoms with van der Waals surface area (Å²) in [5.74, 6) is 1.33. The van der Waals surface area contributed by atoms with E-state index in [-0.39, 0.29) is 16.6 Å². The summed E-state index contributed by atoms with van der Waals surface area (Å²) in [5.41, 5.74) is 1.30. The molecule has 1 saturated heterocycles. The predicted octanol–water partition coefficient (Wildman–Crippen LogP) is 4.31. The third-order valence-electron chi connectivity index (χ3n) is 4.11. The van der Waals surface area contributed by atoms with Crippen LogP contribution in [0.15, 0.2) is 28.7 Å². The second kappa shape index (κ2) is 9.25. The van der Waals surface area contributed by atoms with Crippen molar-refractivity contribution < 1.29 is 4.79 Å². The molecule has 3 nitrogen and oxygen atoms in total. The summed E-state index contributed by atoms with van der Waals surface area (Å²) in [6.07, 6.45) is 2.11. The molecule has 0 aliphatic carbocycles. The van der Waals surface area contributed by atoms with Gasteiger partial charge in [0.2, 0.25) is 5.91 Å².